The van der Waals surface area contributed by atoms with Gasteiger partial charge in [-0.1, -0.05) is 48.5 Å². The molecule has 2 aromatic carbocycles. The third kappa shape index (κ3) is 3.88. The van der Waals surface area contributed by atoms with Gasteiger partial charge in [-0.3, -0.25) is 0 Å². The van der Waals surface area contributed by atoms with E-state index in [9.17, 15) is 9.50 Å². The van der Waals surface area contributed by atoms with Gasteiger partial charge in [0.25, 0.3) is 0 Å². The minimum absolute atomic E-state index is 0.0291. The molecule has 0 amide bonds. The molecule has 0 aliphatic carbocycles. The van der Waals surface area contributed by atoms with Crippen molar-refractivity contribution in [2.24, 2.45) is 0 Å². The fraction of sp³-hybridized carbons (Fsp3) is 0.250. The van der Waals surface area contributed by atoms with Crippen LogP contribution in [0.15, 0.2) is 54.6 Å². The van der Waals surface area contributed by atoms with E-state index in [1.54, 1.807) is 12.1 Å². The van der Waals surface area contributed by atoms with Gasteiger partial charge in [0.2, 0.25) is 0 Å². The molecule has 0 saturated carbocycles. The Morgan fingerprint density at radius 3 is 2.37 bits per heavy atom. The average molecular weight is 259 g/mol. The minimum Gasteiger partial charge on any atom is -0.394 e. The molecule has 2 aromatic rings. The second-order valence-corrected chi connectivity index (χ2v) is 4.44. The van der Waals surface area contributed by atoms with E-state index < -0.39 is 0 Å². The summed E-state index contributed by atoms with van der Waals surface area (Å²) in [5, 5.41) is 12.6. The van der Waals surface area contributed by atoms with Crippen molar-refractivity contribution in [1.29, 1.82) is 0 Å². The Labute approximate surface area is 112 Å². The highest BCUT2D eigenvalue weighted by atomic mass is 19.1. The summed E-state index contributed by atoms with van der Waals surface area (Å²) < 4.78 is 13.4. The van der Waals surface area contributed by atoms with Gasteiger partial charge in [0.15, 0.2) is 0 Å². The van der Waals surface area contributed by atoms with Crippen molar-refractivity contribution in [3.8, 4) is 0 Å². The third-order valence-electron chi connectivity index (χ3n) is 3.13. The van der Waals surface area contributed by atoms with Crippen LogP contribution in [0.1, 0.15) is 17.2 Å². The highest BCUT2D eigenvalue weighted by Gasteiger charge is 2.09. The predicted octanol–water partition coefficient (Wildman–Crippen LogP) is 2.69. The van der Waals surface area contributed by atoms with Crippen LogP contribution in [0.5, 0.6) is 0 Å². The number of aliphatic hydroxyl groups excluding tert-OH is 1. The molecule has 2 rings (SSSR count). The fourth-order valence-electron chi connectivity index (χ4n) is 2.06. The van der Waals surface area contributed by atoms with Gasteiger partial charge in [0, 0.05) is 0 Å². The largest absolute Gasteiger partial charge is 0.394 e. The molecule has 0 saturated heterocycles. The monoisotopic (exact) mass is 259 g/mol. The number of benzene rings is 2. The molecule has 100 valence electrons. The summed E-state index contributed by atoms with van der Waals surface area (Å²) >= 11 is 0. The Balaban J connectivity index is 1.89. The molecule has 0 fully saturated rings. The van der Waals surface area contributed by atoms with Gasteiger partial charge in [-0.2, -0.15) is 0 Å². The lowest BCUT2D eigenvalue weighted by molar-refractivity contribution is 0.245. The first-order valence-corrected chi connectivity index (χ1v) is 6.44. The lowest BCUT2D eigenvalue weighted by Crippen LogP contribution is -2.26. The maximum absolute atomic E-state index is 13.4. The number of aliphatic hydroxyl groups is 1. The molecular weight excluding hydrogens is 241 g/mol. The molecule has 0 aliphatic rings. The Morgan fingerprint density at radius 1 is 1.00 bits per heavy atom. The zero-order valence-corrected chi connectivity index (χ0v) is 10.7. The van der Waals surface area contributed by atoms with E-state index in [1.807, 2.05) is 36.4 Å². The van der Waals surface area contributed by atoms with Gasteiger partial charge in [-0.05, 0) is 30.2 Å². The van der Waals surface area contributed by atoms with Crippen LogP contribution in [0.2, 0.25) is 0 Å². The van der Waals surface area contributed by atoms with E-state index in [1.165, 1.54) is 6.07 Å². The zero-order chi connectivity index (χ0) is 13.5. The molecule has 2 nitrogen and oxygen atoms in total. The van der Waals surface area contributed by atoms with Crippen LogP contribution in [-0.4, -0.2) is 18.3 Å². The number of halogens is 1. The highest BCUT2D eigenvalue weighted by molar-refractivity contribution is 5.20. The molecule has 1 atom stereocenters. The minimum atomic E-state index is -0.176. The van der Waals surface area contributed by atoms with Gasteiger partial charge in [0.1, 0.15) is 5.82 Å². The van der Waals surface area contributed by atoms with Crippen molar-refractivity contribution < 1.29 is 9.50 Å². The quantitative estimate of drug-likeness (QED) is 0.836. The molecule has 0 heterocycles. The van der Waals surface area contributed by atoms with Gasteiger partial charge in [-0.15, -0.1) is 0 Å². The Bertz CT molecular complexity index is 501. The van der Waals surface area contributed by atoms with Crippen molar-refractivity contribution in [1.82, 2.24) is 5.32 Å². The Kier molecular flexibility index (Phi) is 5.07. The maximum Gasteiger partial charge on any atom is 0.126 e. The van der Waals surface area contributed by atoms with E-state index in [2.05, 4.69) is 5.32 Å². The molecule has 3 heteroatoms. The molecule has 0 bridgehead atoms. The second-order valence-electron chi connectivity index (χ2n) is 4.44. The van der Waals surface area contributed by atoms with Gasteiger partial charge >= 0.3 is 0 Å². The van der Waals surface area contributed by atoms with E-state index in [0.717, 1.165) is 5.56 Å². The van der Waals surface area contributed by atoms with E-state index >= 15 is 0 Å². The summed E-state index contributed by atoms with van der Waals surface area (Å²) in [6, 6.07) is 16.4. The summed E-state index contributed by atoms with van der Waals surface area (Å²) in [6.07, 6.45) is 0.607. The summed E-state index contributed by atoms with van der Waals surface area (Å²) in [4.78, 5) is 0. The zero-order valence-electron chi connectivity index (χ0n) is 10.7. The molecule has 0 spiro atoms. The van der Waals surface area contributed by atoms with Crippen LogP contribution in [0.25, 0.3) is 0 Å². The topological polar surface area (TPSA) is 32.3 Å². The molecule has 0 aromatic heterocycles. The SMILES string of the molecule is OCC(NCCc1ccccc1F)c1ccccc1. The van der Waals surface area contributed by atoms with Crippen LogP contribution < -0.4 is 5.32 Å². The van der Waals surface area contributed by atoms with Crippen molar-refractivity contribution in [2.75, 3.05) is 13.2 Å². The van der Waals surface area contributed by atoms with Crippen LogP contribution >= 0.6 is 0 Å². The van der Waals surface area contributed by atoms with E-state index in [-0.39, 0.29) is 18.5 Å². The van der Waals surface area contributed by atoms with Crippen LogP contribution in [-0.2, 0) is 6.42 Å². The summed E-state index contributed by atoms with van der Waals surface area (Å²) in [6.45, 7) is 0.655. The number of hydrogen-bond donors (Lipinski definition) is 2. The summed E-state index contributed by atoms with van der Waals surface area (Å²) in [5.41, 5.74) is 1.73. The van der Waals surface area contributed by atoms with Crippen molar-refractivity contribution in [3.63, 3.8) is 0 Å². The van der Waals surface area contributed by atoms with Crippen LogP contribution in [0, 0.1) is 5.82 Å². The standard InChI is InChI=1S/C16H18FNO/c17-15-9-5-4-6-13(15)10-11-18-16(12-19)14-7-2-1-3-8-14/h1-9,16,18-19H,10-12H2. The maximum atomic E-state index is 13.4. The average Bonchev–Trinajstić information content (AvgIpc) is 2.46. The van der Waals surface area contributed by atoms with Crippen LogP contribution in [0.4, 0.5) is 4.39 Å². The molecule has 19 heavy (non-hydrogen) atoms. The first-order valence-electron chi connectivity index (χ1n) is 6.44. The highest BCUT2D eigenvalue weighted by Crippen LogP contribution is 2.12. The number of hydrogen-bond acceptors (Lipinski definition) is 2. The Morgan fingerprint density at radius 2 is 1.68 bits per heavy atom. The molecular formula is C16H18FNO. The van der Waals surface area contributed by atoms with Crippen LogP contribution in [0.3, 0.4) is 0 Å². The summed E-state index contributed by atoms with van der Waals surface area (Å²) in [7, 11) is 0. The number of nitrogens with one attached hydrogen (secondary N) is 1. The summed E-state index contributed by atoms with van der Waals surface area (Å²) in [5.74, 6) is -0.176. The van der Waals surface area contributed by atoms with Gasteiger partial charge < -0.3 is 10.4 Å². The molecule has 2 N–H and O–H groups in total. The third-order valence-corrected chi connectivity index (χ3v) is 3.13. The molecule has 0 radical (unpaired) electrons. The van der Waals surface area contributed by atoms with Gasteiger partial charge in [0.05, 0.1) is 12.6 Å². The van der Waals surface area contributed by atoms with E-state index in [0.29, 0.717) is 18.5 Å². The van der Waals surface area contributed by atoms with Gasteiger partial charge in [-0.25, -0.2) is 4.39 Å². The molecule has 0 aliphatic heterocycles. The Hall–Kier alpha value is -1.71. The van der Waals surface area contributed by atoms with Crippen molar-refractivity contribution in [2.45, 2.75) is 12.5 Å². The lowest BCUT2D eigenvalue weighted by atomic mass is 10.1. The van der Waals surface area contributed by atoms with Crippen molar-refractivity contribution in [3.05, 3.63) is 71.5 Å². The van der Waals surface area contributed by atoms with E-state index in [4.69, 9.17) is 0 Å². The fourth-order valence-corrected chi connectivity index (χ4v) is 2.06. The lowest BCUT2D eigenvalue weighted by Gasteiger charge is -2.16. The number of rotatable bonds is 6. The first kappa shape index (κ1) is 13.7. The second kappa shape index (κ2) is 7.02. The predicted molar refractivity (Wildman–Crippen MR) is 74.4 cm³/mol. The first-order chi connectivity index (χ1) is 9.31. The van der Waals surface area contributed by atoms with Crippen molar-refractivity contribution >= 4 is 0 Å². The molecule has 1 unspecified atom stereocenters. The normalized spacial score (nSPS) is 12.3. The smallest absolute Gasteiger partial charge is 0.126 e.